The van der Waals surface area contributed by atoms with Gasteiger partial charge in [-0.2, -0.15) is 5.26 Å². The maximum atomic E-state index is 12.1. The summed E-state index contributed by atoms with van der Waals surface area (Å²) in [6.07, 6.45) is 0. The number of benzene rings is 2. The van der Waals surface area contributed by atoms with E-state index in [-0.39, 0.29) is 18.3 Å². The van der Waals surface area contributed by atoms with E-state index in [1.54, 1.807) is 30.3 Å². The smallest absolute Gasteiger partial charge is 0.315 e. The molecule has 0 spiro atoms. The van der Waals surface area contributed by atoms with E-state index >= 15 is 0 Å². The number of carbonyl (C=O) groups excluding carboxylic acids is 1. The Balaban J connectivity index is 1.98. The minimum absolute atomic E-state index is 0.00127. The van der Waals surface area contributed by atoms with Crippen LogP contribution in [0.15, 0.2) is 48.5 Å². The lowest BCUT2D eigenvalue weighted by Gasteiger charge is -2.27. The number of non-ortho nitro benzene ring substituents is 1. The molecule has 0 unspecified atom stereocenters. The van der Waals surface area contributed by atoms with Gasteiger partial charge in [0.15, 0.2) is 0 Å². The number of urea groups is 1. The number of nitro benzene ring substituents is 1. The Kier molecular flexibility index (Phi) is 5.35. The summed E-state index contributed by atoms with van der Waals surface area (Å²) in [7, 11) is 0. The van der Waals surface area contributed by atoms with Crippen molar-refractivity contribution in [3.8, 4) is 6.07 Å². The Morgan fingerprint density at radius 3 is 2.52 bits per heavy atom. The number of rotatable bonds is 5. The van der Waals surface area contributed by atoms with Crippen molar-refractivity contribution >= 4 is 11.7 Å². The van der Waals surface area contributed by atoms with Crippen molar-refractivity contribution in [1.29, 1.82) is 5.26 Å². The van der Waals surface area contributed by atoms with Crippen molar-refractivity contribution in [1.82, 2.24) is 10.6 Å². The van der Waals surface area contributed by atoms with Crippen LogP contribution in [0.3, 0.4) is 0 Å². The van der Waals surface area contributed by atoms with Gasteiger partial charge in [0, 0.05) is 18.7 Å². The SMILES string of the molecule is CC(C)(NC(=O)NCc1cccc(C#N)c1)c1ccc([N+](=O)[O-])cc1. The summed E-state index contributed by atoms with van der Waals surface area (Å²) in [5, 5.41) is 25.2. The summed E-state index contributed by atoms with van der Waals surface area (Å²) in [5.41, 5.74) is 1.41. The van der Waals surface area contributed by atoms with E-state index in [4.69, 9.17) is 5.26 Å². The van der Waals surface area contributed by atoms with Crippen LogP contribution in [0.25, 0.3) is 0 Å². The number of nitrogens with one attached hydrogen (secondary N) is 2. The third-order valence-corrected chi connectivity index (χ3v) is 3.73. The van der Waals surface area contributed by atoms with Gasteiger partial charge in [-0.25, -0.2) is 4.79 Å². The number of carbonyl (C=O) groups is 1. The molecule has 2 aromatic rings. The van der Waals surface area contributed by atoms with Crippen molar-refractivity contribution in [3.05, 3.63) is 75.3 Å². The molecule has 0 aliphatic rings. The third-order valence-electron chi connectivity index (χ3n) is 3.73. The molecule has 0 radical (unpaired) electrons. The molecule has 2 N–H and O–H groups in total. The van der Waals surface area contributed by atoms with E-state index < -0.39 is 10.5 Å². The average Bonchev–Trinajstić information content (AvgIpc) is 2.60. The van der Waals surface area contributed by atoms with E-state index in [9.17, 15) is 14.9 Å². The highest BCUT2D eigenvalue weighted by Gasteiger charge is 2.23. The first-order valence-electron chi connectivity index (χ1n) is 7.62. The molecule has 0 atom stereocenters. The fourth-order valence-electron chi connectivity index (χ4n) is 2.33. The first-order chi connectivity index (χ1) is 11.8. The van der Waals surface area contributed by atoms with Gasteiger partial charge in [0.1, 0.15) is 0 Å². The van der Waals surface area contributed by atoms with Crippen LogP contribution in [-0.2, 0) is 12.1 Å². The lowest BCUT2D eigenvalue weighted by atomic mass is 9.94. The number of hydrogen-bond donors (Lipinski definition) is 2. The lowest BCUT2D eigenvalue weighted by Crippen LogP contribution is -2.46. The number of amides is 2. The summed E-state index contributed by atoms with van der Waals surface area (Å²) < 4.78 is 0. The van der Waals surface area contributed by atoms with Crippen LogP contribution in [0.1, 0.15) is 30.5 Å². The van der Waals surface area contributed by atoms with E-state index in [2.05, 4.69) is 16.7 Å². The average molecular weight is 338 g/mol. The molecule has 0 aliphatic carbocycles. The Morgan fingerprint density at radius 2 is 1.92 bits per heavy atom. The number of nitro groups is 1. The van der Waals surface area contributed by atoms with Gasteiger partial charge in [-0.05, 0) is 49.2 Å². The van der Waals surface area contributed by atoms with Crippen LogP contribution < -0.4 is 10.6 Å². The summed E-state index contributed by atoms with van der Waals surface area (Å²) in [4.78, 5) is 22.4. The molecule has 2 aromatic carbocycles. The monoisotopic (exact) mass is 338 g/mol. The zero-order valence-corrected chi connectivity index (χ0v) is 13.9. The molecule has 0 saturated carbocycles. The second kappa shape index (κ2) is 7.45. The predicted octanol–water partition coefficient (Wildman–Crippen LogP) is 3.20. The first-order valence-corrected chi connectivity index (χ1v) is 7.62. The summed E-state index contributed by atoms with van der Waals surface area (Å²) in [6, 6.07) is 14.7. The van der Waals surface area contributed by atoms with Crippen LogP contribution in [0.2, 0.25) is 0 Å². The van der Waals surface area contributed by atoms with Crippen LogP contribution in [0, 0.1) is 21.4 Å². The molecular formula is C18H18N4O3. The van der Waals surface area contributed by atoms with Crippen molar-refractivity contribution in [2.24, 2.45) is 0 Å². The molecule has 7 heteroatoms. The topological polar surface area (TPSA) is 108 Å². The van der Waals surface area contributed by atoms with E-state index in [1.807, 2.05) is 19.9 Å². The van der Waals surface area contributed by atoms with E-state index in [0.29, 0.717) is 5.56 Å². The van der Waals surface area contributed by atoms with Gasteiger partial charge in [-0.1, -0.05) is 12.1 Å². The molecule has 0 aromatic heterocycles. The fourth-order valence-corrected chi connectivity index (χ4v) is 2.33. The molecule has 0 bridgehead atoms. The third kappa shape index (κ3) is 4.78. The van der Waals surface area contributed by atoms with E-state index in [1.165, 1.54) is 12.1 Å². The Bertz CT molecular complexity index is 823. The zero-order valence-electron chi connectivity index (χ0n) is 13.9. The van der Waals surface area contributed by atoms with Gasteiger partial charge >= 0.3 is 6.03 Å². The highest BCUT2D eigenvalue weighted by Crippen LogP contribution is 2.22. The second-order valence-electron chi connectivity index (χ2n) is 6.05. The predicted molar refractivity (Wildman–Crippen MR) is 92.7 cm³/mol. The van der Waals surface area contributed by atoms with Gasteiger partial charge < -0.3 is 10.6 Å². The fraction of sp³-hybridized carbons (Fsp3) is 0.222. The molecule has 2 amide bonds. The number of hydrogen-bond acceptors (Lipinski definition) is 4. The molecular weight excluding hydrogens is 320 g/mol. The number of nitriles is 1. The minimum atomic E-state index is -0.701. The highest BCUT2D eigenvalue weighted by molar-refractivity contribution is 5.75. The molecule has 25 heavy (non-hydrogen) atoms. The molecule has 7 nitrogen and oxygen atoms in total. The van der Waals surface area contributed by atoms with Crippen LogP contribution >= 0.6 is 0 Å². The van der Waals surface area contributed by atoms with Crippen molar-refractivity contribution in [3.63, 3.8) is 0 Å². The molecule has 0 heterocycles. The zero-order chi connectivity index (χ0) is 18.4. The molecule has 0 aliphatic heterocycles. The van der Waals surface area contributed by atoms with Crippen LogP contribution in [0.4, 0.5) is 10.5 Å². The summed E-state index contributed by atoms with van der Waals surface area (Å²) in [5.74, 6) is 0. The van der Waals surface area contributed by atoms with E-state index in [0.717, 1.165) is 11.1 Å². The maximum absolute atomic E-state index is 12.1. The molecule has 0 saturated heterocycles. The lowest BCUT2D eigenvalue weighted by molar-refractivity contribution is -0.384. The Labute approximate surface area is 145 Å². The molecule has 128 valence electrons. The van der Waals surface area contributed by atoms with Crippen LogP contribution in [0.5, 0.6) is 0 Å². The molecule has 2 rings (SSSR count). The quantitative estimate of drug-likeness (QED) is 0.644. The van der Waals surface area contributed by atoms with Crippen molar-refractivity contribution in [2.45, 2.75) is 25.9 Å². The standard InChI is InChI=1S/C18H18N4O3/c1-18(2,15-6-8-16(9-7-15)22(24)25)21-17(23)20-12-14-5-3-4-13(10-14)11-19/h3-10H,12H2,1-2H3,(H2,20,21,23). The Morgan fingerprint density at radius 1 is 1.24 bits per heavy atom. The largest absolute Gasteiger partial charge is 0.334 e. The second-order valence-corrected chi connectivity index (χ2v) is 6.05. The van der Waals surface area contributed by atoms with Crippen LogP contribution in [-0.4, -0.2) is 11.0 Å². The van der Waals surface area contributed by atoms with Gasteiger partial charge in [0.25, 0.3) is 5.69 Å². The maximum Gasteiger partial charge on any atom is 0.315 e. The molecule has 0 fully saturated rings. The summed E-state index contributed by atoms with van der Waals surface area (Å²) >= 11 is 0. The van der Waals surface area contributed by atoms with Crippen molar-refractivity contribution < 1.29 is 9.72 Å². The number of nitrogens with zero attached hydrogens (tertiary/aromatic N) is 2. The van der Waals surface area contributed by atoms with Gasteiger partial charge in [0.2, 0.25) is 0 Å². The Hall–Kier alpha value is -3.40. The minimum Gasteiger partial charge on any atom is -0.334 e. The first kappa shape index (κ1) is 17.9. The van der Waals surface area contributed by atoms with Gasteiger partial charge in [-0.3, -0.25) is 10.1 Å². The highest BCUT2D eigenvalue weighted by atomic mass is 16.6. The summed E-state index contributed by atoms with van der Waals surface area (Å²) in [6.45, 7) is 3.91. The van der Waals surface area contributed by atoms with Gasteiger partial charge in [0.05, 0.1) is 22.1 Å². The normalized spacial score (nSPS) is 10.6. The van der Waals surface area contributed by atoms with Gasteiger partial charge in [-0.15, -0.1) is 0 Å². The van der Waals surface area contributed by atoms with Crippen molar-refractivity contribution in [2.75, 3.05) is 0 Å².